The van der Waals surface area contributed by atoms with Crippen molar-refractivity contribution in [2.24, 2.45) is 0 Å². The first kappa shape index (κ1) is 15.8. The largest absolute Gasteiger partial charge is 0.481 e. The van der Waals surface area contributed by atoms with Gasteiger partial charge in [0.1, 0.15) is 5.15 Å². The van der Waals surface area contributed by atoms with Crippen LogP contribution in [0.15, 0.2) is 11.4 Å². The molecule has 6 nitrogen and oxygen atoms in total. The third kappa shape index (κ3) is 4.20. The molecule has 0 saturated heterocycles. The van der Waals surface area contributed by atoms with Crippen molar-refractivity contribution in [3.05, 3.63) is 32.1 Å². The maximum atomic E-state index is 11.8. The number of ether oxygens (including phenoxy) is 1. The van der Waals surface area contributed by atoms with Crippen molar-refractivity contribution < 1.29 is 9.53 Å². The Morgan fingerprint density at radius 1 is 1.43 bits per heavy atom. The fourth-order valence-corrected chi connectivity index (χ4v) is 2.84. The van der Waals surface area contributed by atoms with E-state index in [4.69, 9.17) is 27.9 Å². The van der Waals surface area contributed by atoms with Crippen molar-refractivity contribution in [2.75, 3.05) is 12.4 Å². The van der Waals surface area contributed by atoms with Crippen molar-refractivity contribution >= 4 is 46.5 Å². The summed E-state index contributed by atoms with van der Waals surface area (Å²) in [5, 5.41) is 7.27. The first-order valence-electron chi connectivity index (χ1n) is 5.85. The van der Waals surface area contributed by atoms with Gasteiger partial charge in [0.25, 0.3) is 0 Å². The summed E-state index contributed by atoms with van der Waals surface area (Å²) >= 11 is 13.3. The maximum Gasteiger partial charge on any atom is 0.321 e. The number of carbonyl (C=O) groups excluding carboxylic acids is 1. The molecule has 0 aliphatic heterocycles. The molecule has 112 valence electrons. The van der Waals surface area contributed by atoms with E-state index >= 15 is 0 Å². The van der Waals surface area contributed by atoms with Gasteiger partial charge >= 0.3 is 6.03 Å². The smallest absolute Gasteiger partial charge is 0.321 e. The van der Waals surface area contributed by atoms with E-state index in [1.54, 1.807) is 0 Å². The highest BCUT2D eigenvalue weighted by molar-refractivity contribution is 7.14. The third-order valence-electron chi connectivity index (χ3n) is 2.58. The summed E-state index contributed by atoms with van der Waals surface area (Å²) in [5.41, 5.74) is 1.92. The van der Waals surface area contributed by atoms with Crippen molar-refractivity contribution in [2.45, 2.75) is 13.5 Å². The normalized spacial score (nSPS) is 10.3. The Labute approximate surface area is 135 Å². The molecule has 2 rings (SSSR count). The van der Waals surface area contributed by atoms with Gasteiger partial charge in [-0.2, -0.15) is 4.98 Å². The summed E-state index contributed by atoms with van der Waals surface area (Å²) in [4.78, 5) is 19.7. The predicted octanol–water partition coefficient (Wildman–Crippen LogP) is 3.48. The van der Waals surface area contributed by atoms with Crippen molar-refractivity contribution in [3.8, 4) is 5.88 Å². The maximum absolute atomic E-state index is 11.8. The SMILES string of the molecule is COc1cc(Cl)nc(NC(=O)NCc2c(C)csc2Cl)n1. The molecule has 0 aliphatic carbocycles. The number of aromatic nitrogens is 2. The van der Waals surface area contributed by atoms with Crippen LogP contribution in [0.3, 0.4) is 0 Å². The zero-order valence-electron chi connectivity index (χ0n) is 11.2. The zero-order valence-corrected chi connectivity index (χ0v) is 13.6. The lowest BCUT2D eigenvalue weighted by Gasteiger charge is -2.08. The molecule has 0 saturated carbocycles. The number of hydrogen-bond donors (Lipinski definition) is 2. The molecule has 0 bridgehead atoms. The van der Waals surface area contributed by atoms with Crippen LogP contribution in [0.25, 0.3) is 0 Å². The van der Waals surface area contributed by atoms with Gasteiger partial charge in [0.05, 0.1) is 11.4 Å². The lowest BCUT2D eigenvalue weighted by Crippen LogP contribution is -2.29. The highest BCUT2D eigenvalue weighted by atomic mass is 35.5. The molecule has 0 radical (unpaired) electrons. The van der Waals surface area contributed by atoms with Gasteiger partial charge in [0.15, 0.2) is 0 Å². The fourth-order valence-electron chi connectivity index (χ4n) is 1.52. The predicted molar refractivity (Wildman–Crippen MR) is 83.5 cm³/mol. The minimum absolute atomic E-state index is 0.0602. The van der Waals surface area contributed by atoms with Crippen molar-refractivity contribution in [3.63, 3.8) is 0 Å². The number of rotatable bonds is 4. The standard InChI is InChI=1S/C12H12Cl2N4O2S/c1-6-5-21-10(14)7(6)4-15-12(19)18-11-16-8(13)3-9(17-11)20-2/h3,5H,4H2,1-2H3,(H2,15,16,17,18,19). The molecule has 0 spiro atoms. The summed E-state index contributed by atoms with van der Waals surface area (Å²) in [6.07, 6.45) is 0. The van der Waals surface area contributed by atoms with E-state index in [2.05, 4.69) is 20.6 Å². The van der Waals surface area contributed by atoms with Crippen molar-refractivity contribution in [1.29, 1.82) is 0 Å². The molecule has 0 atom stereocenters. The van der Waals surface area contributed by atoms with Crippen LogP contribution >= 0.6 is 34.5 Å². The molecule has 2 aromatic heterocycles. The summed E-state index contributed by atoms with van der Waals surface area (Å²) < 4.78 is 5.60. The number of halogens is 2. The van der Waals surface area contributed by atoms with E-state index in [9.17, 15) is 4.79 Å². The van der Waals surface area contributed by atoms with Gasteiger partial charge in [-0.25, -0.2) is 9.78 Å². The number of urea groups is 1. The molecule has 2 heterocycles. The average molecular weight is 347 g/mol. The number of amides is 2. The van der Waals surface area contributed by atoms with Gasteiger partial charge in [0, 0.05) is 18.2 Å². The number of hydrogen-bond acceptors (Lipinski definition) is 5. The Balaban J connectivity index is 1.97. The van der Waals surface area contributed by atoms with Gasteiger partial charge in [-0.1, -0.05) is 23.2 Å². The first-order chi connectivity index (χ1) is 9.99. The van der Waals surface area contributed by atoms with E-state index in [1.807, 2.05) is 12.3 Å². The molecule has 9 heteroatoms. The number of nitrogens with zero attached hydrogens (tertiary/aromatic N) is 2. The molecule has 2 amide bonds. The van der Waals surface area contributed by atoms with Gasteiger partial charge in [-0.05, 0) is 17.9 Å². The summed E-state index contributed by atoms with van der Waals surface area (Å²) in [7, 11) is 1.45. The van der Waals surface area contributed by atoms with Gasteiger partial charge in [-0.15, -0.1) is 11.3 Å². The Morgan fingerprint density at radius 3 is 2.81 bits per heavy atom. The Kier molecular flexibility index (Phi) is 5.22. The molecular formula is C12H12Cl2N4O2S. The number of methoxy groups -OCH3 is 1. The monoisotopic (exact) mass is 346 g/mol. The quantitative estimate of drug-likeness (QED) is 0.831. The minimum Gasteiger partial charge on any atom is -0.481 e. The Morgan fingerprint density at radius 2 is 2.19 bits per heavy atom. The van der Waals surface area contributed by atoms with Crippen LogP contribution in [0.4, 0.5) is 10.7 Å². The second-order valence-corrected chi connectivity index (χ2v) is 5.90. The van der Waals surface area contributed by atoms with Crippen LogP contribution in [0, 0.1) is 6.92 Å². The molecule has 21 heavy (non-hydrogen) atoms. The number of anilines is 1. The minimum atomic E-state index is -0.457. The van der Waals surface area contributed by atoms with Gasteiger partial charge < -0.3 is 10.1 Å². The summed E-state index contributed by atoms with van der Waals surface area (Å²) in [5.74, 6) is 0.326. The molecule has 2 N–H and O–H groups in total. The summed E-state index contributed by atoms with van der Waals surface area (Å²) in [6.45, 7) is 2.25. The highest BCUT2D eigenvalue weighted by Crippen LogP contribution is 2.26. The van der Waals surface area contributed by atoms with E-state index in [-0.39, 0.29) is 17.0 Å². The fraction of sp³-hybridized carbons (Fsp3) is 0.250. The van der Waals surface area contributed by atoms with Crippen LogP contribution in [-0.2, 0) is 6.54 Å². The topological polar surface area (TPSA) is 76.1 Å². The number of thiophene rings is 1. The van der Waals surface area contributed by atoms with Gasteiger partial charge in [-0.3, -0.25) is 5.32 Å². The molecule has 0 fully saturated rings. The molecule has 0 aromatic carbocycles. The van der Waals surface area contributed by atoms with E-state index in [0.29, 0.717) is 10.9 Å². The highest BCUT2D eigenvalue weighted by Gasteiger charge is 2.10. The number of nitrogens with one attached hydrogen (secondary N) is 2. The number of carbonyl (C=O) groups is 1. The Hall–Kier alpha value is -1.57. The zero-order chi connectivity index (χ0) is 15.4. The van der Waals surface area contributed by atoms with Crippen LogP contribution in [0.1, 0.15) is 11.1 Å². The molecule has 2 aromatic rings. The number of aryl methyl sites for hydroxylation is 1. The van der Waals surface area contributed by atoms with Crippen LogP contribution in [0.2, 0.25) is 9.49 Å². The van der Waals surface area contributed by atoms with E-state index in [0.717, 1.165) is 11.1 Å². The Bertz CT molecular complexity index is 643. The van der Waals surface area contributed by atoms with Crippen LogP contribution in [0.5, 0.6) is 5.88 Å². The molecular weight excluding hydrogens is 335 g/mol. The van der Waals surface area contributed by atoms with Crippen LogP contribution in [-0.4, -0.2) is 23.1 Å². The van der Waals surface area contributed by atoms with Crippen molar-refractivity contribution in [1.82, 2.24) is 15.3 Å². The molecule has 0 unspecified atom stereocenters. The summed E-state index contributed by atoms with van der Waals surface area (Å²) in [6, 6.07) is 0.986. The second-order valence-electron chi connectivity index (χ2n) is 4.04. The van der Waals surface area contributed by atoms with E-state index in [1.165, 1.54) is 24.5 Å². The molecule has 0 aliphatic rings. The lowest BCUT2D eigenvalue weighted by atomic mass is 10.2. The second kappa shape index (κ2) is 6.93. The lowest BCUT2D eigenvalue weighted by molar-refractivity contribution is 0.251. The van der Waals surface area contributed by atoms with E-state index < -0.39 is 6.03 Å². The third-order valence-corrected chi connectivity index (χ3v) is 4.20. The first-order valence-corrected chi connectivity index (χ1v) is 7.49. The van der Waals surface area contributed by atoms with Gasteiger partial charge in [0.2, 0.25) is 11.8 Å². The van der Waals surface area contributed by atoms with Crippen LogP contribution < -0.4 is 15.4 Å². The average Bonchev–Trinajstić information content (AvgIpc) is 2.75.